The Morgan fingerprint density at radius 3 is 2.39 bits per heavy atom. The lowest BCUT2D eigenvalue weighted by Crippen LogP contribution is -2.21. The zero-order valence-corrected chi connectivity index (χ0v) is 12.4. The highest BCUT2D eigenvalue weighted by atomic mass is 16.5. The first-order valence-electron chi connectivity index (χ1n) is 6.73. The molecule has 1 saturated carbocycles. The minimum Gasteiger partial charge on any atom is -0.496 e. The van der Waals surface area contributed by atoms with E-state index in [1.165, 1.54) is 23.1 Å². The Bertz CT molecular complexity index is 451. The van der Waals surface area contributed by atoms with E-state index < -0.39 is 0 Å². The molecule has 1 aromatic rings. The van der Waals surface area contributed by atoms with E-state index >= 15 is 0 Å². The number of hydrogen-bond donors (Lipinski definition) is 1. The van der Waals surface area contributed by atoms with E-state index in [4.69, 9.17) is 4.74 Å². The number of hydrogen-bond acceptors (Lipinski definition) is 2. The second-order valence-electron chi connectivity index (χ2n) is 6.20. The molecule has 2 heteroatoms. The molecule has 2 unspecified atom stereocenters. The lowest BCUT2D eigenvalue weighted by molar-refractivity contribution is 0.381. The van der Waals surface area contributed by atoms with Crippen molar-refractivity contribution < 1.29 is 4.74 Å². The van der Waals surface area contributed by atoms with Crippen molar-refractivity contribution in [1.29, 1.82) is 0 Å². The van der Waals surface area contributed by atoms with E-state index in [1.807, 2.05) is 7.05 Å². The minimum atomic E-state index is 0.397. The number of rotatable bonds is 4. The minimum absolute atomic E-state index is 0.397. The van der Waals surface area contributed by atoms with Gasteiger partial charge in [0.15, 0.2) is 0 Å². The quantitative estimate of drug-likeness (QED) is 0.877. The Morgan fingerprint density at radius 1 is 1.33 bits per heavy atom. The number of methoxy groups -OCH3 is 1. The lowest BCUT2D eigenvalue weighted by atomic mass is 9.93. The van der Waals surface area contributed by atoms with Gasteiger partial charge in [0.1, 0.15) is 5.75 Å². The molecule has 1 aliphatic rings. The Morgan fingerprint density at radius 2 is 1.94 bits per heavy atom. The molecule has 1 aliphatic carbocycles. The number of ether oxygens (including phenoxy) is 1. The molecule has 0 amide bonds. The van der Waals surface area contributed by atoms with Crippen LogP contribution in [0.5, 0.6) is 5.75 Å². The number of aryl methyl sites for hydroxylation is 1. The molecule has 100 valence electrons. The van der Waals surface area contributed by atoms with Gasteiger partial charge in [0, 0.05) is 11.6 Å². The lowest BCUT2D eigenvalue weighted by Gasteiger charge is -2.23. The van der Waals surface area contributed by atoms with Crippen molar-refractivity contribution in [2.45, 2.75) is 40.2 Å². The Hall–Kier alpha value is -1.02. The largest absolute Gasteiger partial charge is 0.496 e. The van der Waals surface area contributed by atoms with E-state index in [1.54, 1.807) is 7.11 Å². The highest BCUT2D eigenvalue weighted by molar-refractivity contribution is 5.47. The molecule has 0 aliphatic heterocycles. The molecular weight excluding hydrogens is 222 g/mol. The van der Waals surface area contributed by atoms with Gasteiger partial charge in [-0.1, -0.05) is 26.0 Å². The highest BCUT2D eigenvalue weighted by Crippen LogP contribution is 2.58. The molecule has 0 spiro atoms. The van der Waals surface area contributed by atoms with Gasteiger partial charge < -0.3 is 10.1 Å². The summed E-state index contributed by atoms with van der Waals surface area (Å²) in [6.07, 6.45) is 1.29. The zero-order chi connectivity index (χ0) is 13.5. The van der Waals surface area contributed by atoms with Gasteiger partial charge in [-0.15, -0.1) is 0 Å². The van der Waals surface area contributed by atoms with Gasteiger partial charge in [-0.05, 0) is 49.8 Å². The molecule has 1 aromatic carbocycles. The van der Waals surface area contributed by atoms with E-state index in [2.05, 4.69) is 45.1 Å². The van der Waals surface area contributed by atoms with Gasteiger partial charge in [0.25, 0.3) is 0 Å². The topological polar surface area (TPSA) is 21.3 Å². The van der Waals surface area contributed by atoms with E-state index in [-0.39, 0.29) is 0 Å². The summed E-state index contributed by atoms with van der Waals surface area (Å²) in [7, 11) is 3.82. The Labute approximate surface area is 111 Å². The molecule has 0 radical (unpaired) electrons. The Balaban J connectivity index is 2.40. The van der Waals surface area contributed by atoms with Crippen LogP contribution in [0.15, 0.2) is 12.1 Å². The number of benzene rings is 1. The van der Waals surface area contributed by atoms with Crippen molar-refractivity contribution in [3.8, 4) is 5.75 Å². The zero-order valence-electron chi connectivity index (χ0n) is 12.4. The molecule has 0 bridgehead atoms. The third kappa shape index (κ3) is 2.14. The first-order valence-corrected chi connectivity index (χ1v) is 6.73. The maximum Gasteiger partial charge on any atom is 0.126 e. The van der Waals surface area contributed by atoms with Gasteiger partial charge in [0.2, 0.25) is 0 Å². The average molecular weight is 247 g/mol. The molecular formula is C16H25NO. The van der Waals surface area contributed by atoms with Gasteiger partial charge in [-0.25, -0.2) is 0 Å². The summed E-state index contributed by atoms with van der Waals surface area (Å²) in [6, 6.07) is 4.82. The third-order valence-electron chi connectivity index (χ3n) is 4.55. The van der Waals surface area contributed by atoms with Crippen LogP contribution in [0, 0.1) is 25.2 Å². The molecule has 2 nitrogen and oxygen atoms in total. The van der Waals surface area contributed by atoms with Crippen molar-refractivity contribution in [2.24, 2.45) is 11.3 Å². The van der Waals surface area contributed by atoms with Crippen LogP contribution in [0.4, 0.5) is 0 Å². The summed E-state index contributed by atoms with van der Waals surface area (Å²) >= 11 is 0. The van der Waals surface area contributed by atoms with Gasteiger partial charge >= 0.3 is 0 Å². The smallest absolute Gasteiger partial charge is 0.126 e. The molecule has 0 aromatic heterocycles. The standard InChI is InChI=1S/C16H25NO/c1-10-7-8-12(15(18-6)11(10)2)14(17-5)13-9-16(13,3)4/h7-8,13-14,17H,9H2,1-6H3. The molecule has 0 saturated heterocycles. The monoisotopic (exact) mass is 247 g/mol. The van der Waals surface area contributed by atoms with E-state index in [0.29, 0.717) is 17.4 Å². The van der Waals surface area contributed by atoms with Crippen molar-refractivity contribution in [2.75, 3.05) is 14.2 Å². The summed E-state index contributed by atoms with van der Waals surface area (Å²) in [5, 5.41) is 3.48. The maximum absolute atomic E-state index is 5.65. The van der Waals surface area contributed by atoms with Crippen LogP contribution in [0.3, 0.4) is 0 Å². The van der Waals surface area contributed by atoms with E-state index in [0.717, 1.165) is 5.75 Å². The van der Waals surface area contributed by atoms with Crippen LogP contribution < -0.4 is 10.1 Å². The summed E-state index contributed by atoms with van der Waals surface area (Å²) in [5.41, 5.74) is 4.31. The average Bonchev–Trinajstić information content (AvgIpc) is 2.94. The van der Waals surface area contributed by atoms with Gasteiger partial charge in [0.05, 0.1) is 7.11 Å². The Kier molecular flexibility index (Phi) is 3.41. The van der Waals surface area contributed by atoms with Crippen LogP contribution in [0.25, 0.3) is 0 Å². The van der Waals surface area contributed by atoms with E-state index in [9.17, 15) is 0 Å². The van der Waals surface area contributed by atoms with Crippen LogP contribution in [-0.2, 0) is 0 Å². The van der Waals surface area contributed by atoms with Crippen molar-refractivity contribution >= 4 is 0 Å². The normalized spacial score (nSPS) is 22.7. The summed E-state index contributed by atoms with van der Waals surface area (Å²) in [4.78, 5) is 0. The molecule has 2 atom stereocenters. The fourth-order valence-electron chi connectivity index (χ4n) is 2.98. The van der Waals surface area contributed by atoms with Crippen LogP contribution in [0.2, 0.25) is 0 Å². The molecule has 1 N–H and O–H groups in total. The predicted molar refractivity (Wildman–Crippen MR) is 76.2 cm³/mol. The first kappa shape index (κ1) is 13.4. The SMILES string of the molecule is CNC(c1ccc(C)c(C)c1OC)C1CC1(C)C. The second kappa shape index (κ2) is 4.58. The van der Waals surface area contributed by atoms with Crippen molar-refractivity contribution in [1.82, 2.24) is 5.32 Å². The van der Waals surface area contributed by atoms with Crippen molar-refractivity contribution in [3.05, 3.63) is 28.8 Å². The van der Waals surface area contributed by atoms with Crippen molar-refractivity contribution in [3.63, 3.8) is 0 Å². The highest BCUT2D eigenvalue weighted by Gasteiger charge is 2.50. The summed E-state index contributed by atoms with van der Waals surface area (Å²) in [6.45, 7) is 8.96. The predicted octanol–water partition coefficient (Wildman–Crippen LogP) is 3.62. The third-order valence-corrected chi connectivity index (χ3v) is 4.55. The van der Waals surface area contributed by atoms with Gasteiger partial charge in [-0.3, -0.25) is 0 Å². The molecule has 1 fully saturated rings. The van der Waals surface area contributed by atoms with Crippen LogP contribution in [0.1, 0.15) is 43.0 Å². The maximum atomic E-state index is 5.65. The second-order valence-corrected chi connectivity index (χ2v) is 6.20. The molecule has 18 heavy (non-hydrogen) atoms. The summed E-state index contributed by atoms with van der Waals surface area (Å²) in [5.74, 6) is 1.76. The fourth-order valence-corrected chi connectivity index (χ4v) is 2.98. The fraction of sp³-hybridized carbons (Fsp3) is 0.625. The first-order chi connectivity index (χ1) is 8.42. The van der Waals surface area contributed by atoms with Gasteiger partial charge in [-0.2, -0.15) is 0 Å². The summed E-state index contributed by atoms with van der Waals surface area (Å²) < 4.78 is 5.65. The molecule has 2 rings (SSSR count). The van der Waals surface area contributed by atoms with Crippen LogP contribution >= 0.6 is 0 Å². The molecule has 0 heterocycles. The van der Waals surface area contributed by atoms with Crippen LogP contribution in [-0.4, -0.2) is 14.2 Å². The number of nitrogens with one attached hydrogen (secondary N) is 1.